The second kappa shape index (κ2) is 4.99. The van der Waals surface area contributed by atoms with Crippen molar-refractivity contribution in [3.05, 3.63) is 28.2 Å². The summed E-state index contributed by atoms with van der Waals surface area (Å²) in [4.78, 5) is 26.6. The van der Waals surface area contributed by atoms with Crippen molar-refractivity contribution in [1.82, 2.24) is 0 Å². The summed E-state index contributed by atoms with van der Waals surface area (Å²) >= 11 is 3.50. The van der Waals surface area contributed by atoms with Gasteiger partial charge in [-0.3, -0.25) is 9.59 Å². The lowest BCUT2D eigenvalue weighted by atomic mass is 10.00. The molecule has 2 aliphatic rings. The van der Waals surface area contributed by atoms with Crippen molar-refractivity contribution < 1.29 is 9.59 Å². The Balaban J connectivity index is 1.96. The predicted octanol–water partition coefficient (Wildman–Crippen LogP) is 3.68. The summed E-state index contributed by atoms with van der Waals surface area (Å²) in [5, 5.41) is 0. The summed E-state index contributed by atoms with van der Waals surface area (Å²) in [7, 11) is 0. The van der Waals surface area contributed by atoms with Gasteiger partial charge in [0.1, 0.15) is 0 Å². The fourth-order valence-electron chi connectivity index (χ4n) is 3.50. The molecule has 2 amide bonds. The molecule has 2 fully saturated rings. The highest BCUT2D eigenvalue weighted by molar-refractivity contribution is 9.10. The number of carbonyl (C=O) groups excluding carboxylic acids is 2. The predicted molar refractivity (Wildman–Crippen MR) is 81.4 cm³/mol. The SMILES string of the molecule is CCC1CC2C(=O)N(c3cccc(C)c3Br)C(=O)C2C1. The number of amides is 2. The molecule has 3 nitrogen and oxygen atoms in total. The van der Waals surface area contributed by atoms with Crippen molar-refractivity contribution in [3.63, 3.8) is 0 Å². The number of carbonyl (C=O) groups is 2. The molecule has 0 radical (unpaired) electrons. The summed E-state index contributed by atoms with van der Waals surface area (Å²) < 4.78 is 0.841. The Bertz CT molecular complexity index is 560. The van der Waals surface area contributed by atoms with E-state index in [1.54, 1.807) is 0 Å². The van der Waals surface area contributed by atoms with Crippen molar-refractivity contribution in [2.75, 3.05) is 4.90 Å². The van der Waals surface area contributed by atoms with Gasteiger partial charge < -0.3 is 0 Å². The Morgan fingerprint density at radius 2 is 1.80 bits per heavy atom. The molecule has 0 N–H and O–H groups in total. The van der Waals surface area contributed by atoms with Crippen LogP contribution in [0.4, 0.5) is 5.69 Å². The summed E-state index contributed by atoms with van der Waals surface area (Å²) in [5.74, 6) is 0.310. The van der Waals surface area contributed by atoms with Crippen LogP contribution < -0.4 is 4.90 Å². The van der Waals surface area contributed by atoms with E-state index in [9.17, 15) is 9.59 Å². The number of aryl methyl sites for hydroxylation is 1. The van der Waals surface area contributed by atoms with Gasteiger partial charge in [-0.25, -0.2) is 4.90 Å². The first-order chi connectivity index (χ1) is 9.54. The zero-order chi connectivity index (χ0) is 14.4. The smallest absolute Gasteiger partial charge is 0.237 e. The molecule has 2 unspecified atom stereocenters. The van der Waals surface area contributed by atoms with Crippen LogP contribution in [-0.4, -0.2) is 11.8 Å². The van der Waals surface area contributed by atoms with E-state index < -0.39 is 0 Å². The van der Waals surface area contributed by atoms with Gasteiger partial charge in [0.2, 0.25) is 11.8 Å². The number of imide groups is 1. The van der Waals surface area contributed by atoms with Crippen LogP contribution >= 0.6 is 15.9 Å². The second-order valence-corrected chi connectivity index (χ2v) is 6.67. The number of hydrogen-bond donors (Lipinski definition) is 0. The van der Waals surface area contributed by atoms with Crippen LogP contribution in [0.1, 0.15) is 31.7 Å². The molecule has 1 heterocycles. The first kappa shape index (κ1) is 13.8. The van der Waals surface area contributed by atoms with Crippen molar-refractivity contribution in [3.8, 4) is 0 Å². The summed E-state index contributed by atoms with van der Waals surface area (Å²) in [6.45, 7) is 4.10. The fourth-order valence-corrected chi connectivity index (χ4v) is 3.95. The maximum Gasteiger partial charge on any atom is 0.237 e. The lowest BCUT2D eigenvalue weighted by Gasteiger charge is -2.19. The van der Waals surface area contributed by atoms with E-state index in [2.05, 4.69) is 22.9 Å². The summed E-state index contributed by atoms with van der Waals surface area (Å²) in [5.41, 5.74) is 1.73. The lowest BCUT2D eigenvalue weighted by molar-refractivity contribution is -0.123. The molecule has 1 saturated carbocycles. The monoisotopic (exact) mass is 335 g/mol. The molecule has 0 spiro atoms. The topological polar surface area (TPSA) is 37.4 Å². The normalized spacial score (nSPS) is 29.1. The Kier molecular flexibility index (Phi) is 3.44. The Labute approximate surface area is 127 Å². The van der Waals surface area contributed by atoms with Crippen molar-refractivity contribution in [2.24, 2.45) is 17.8 Å². The molecule has 1 aromatic carbocycles. The third-order valence-corrected chi connectivity index (χ3v) is 5.76. The van der Waals surface area contributed by atoms with Crippen molar-refractivity contribution in [2.45, 2.75) is 33.1 Å². The van der Waals surface area contributed by atoms with Gasteiger partial charge in [-0.15, -0.1) is 0 Å². The van der Waals surface area contributed by atoms with Crippen LogP contribution in [0.25, 0.3) is 0 Å². The highest BCUT2D eigenvalue weighted by Gasteiger charge is 2.53. The van der Waals surface area contributed by atoms with Gasteiger partial charge in [-0.2, -0.15) is 0 Å². The van der Waals surface area contributed by atoms with Gasteiger partial charge in [0.15, 0.2) is 0 Å². The Morgan fingerprint density at radius 1 is 1.20 bits per heavy atom. The van der Waals surface area contributed by atoms with Crippen LogP contribution in [0.15, 0.2) is 22.7 Å². The molecule has 1 aromatic rings. The zero-order valence-corrected chi connectivity index (χ0v) is 13.3. The van der Waals surface area contributed by atoms with Gasteiger partial charge in [-0.1, -0.05) is 25.5 Å². The number of halogens is 1. The maximum absolute atomic E-state index is 12.6. The average molecular weight is 336 g/mol. The van der Waals surface area contributed by atoms with E-state index in [1.165, 1.54) is 4.90 Å². The van der Waals surface area contributed by atoms with Crippen LogP contribution in [-0.2, 0) is 9.59 Å². The first-order valence-electron chi connectivity index (χ1n) is 7.17. The van der Waals surface area contributed by atoms with Gasteiger partial charge in [-0.05, 0) is 53.2 Å². The molecule has 4 heteroatoms. The standard InChI is InChI=1S/C16H18BrNO2/c1-3-10-7-11-12(8-10)16(20)18(15(11)19)13-6-4-5-9(2)14(13)17/h4-6,10-12H,3,7-8H2,1-2H3. The summed E-state index contributed by atoms with van der Waals surface area (Å²) in [6.07, 6.45) is 2.79. The summed E-state index contributed by atoms with van der Waals surface area (Å²) in [6, 6.07) is 5.69. The van der Waals surface area contributed by atoms with Gasteiger partial charge in [0.25, 0.3) is 0 Å². The third-order valence-electron chi connectivity index (χ3n) is 4.73. The molecule has 3 rings (SSSR count). The largest absolute Gasteiger partial charge is 0.274 e. The zero-order valence-electron chi connectivity index (χ0n) is 11.7. The Morgan fingerprint density at radius 3 is 2.35 bits per heavy atom. The number of rotatable bonds is 2. The maximum atomic E-state index is 12.6. The third kappa shape index (κ3) is 1.93. The average Bonchev–Trinajstić information content (AvgIpc) is 2.95. The van der Waals surface area contributed by atoms with E-state index in [0.717, 1.165) is 29.3 Å². The quantitative estimate of drug-likeness (QED) is 0.773. The second-order valence-electron chi connectivity index (χ2n) is 5.88. The van der Waals surface area contributed by atoms with Gasteiger partial charge in [0.05, 0.1) is 17.5 Å². The number of nitrogens with zero attached hydrogens (tertiary/aromatic N) is 1. The fraction of sp³-hybridized carbons (Fsp3) is 0.500. The number of hydrogen-bond acceptors (Lipinski definition) is 2. The van der Waals surface area contributed by atoms with Gasteiger partial charge >= 0.3 is 0 Å². The number of benzene rings is 1. The van der Waals surface area contributed by atoms with Crippen molar-refractivity contribution in [1.29, 1.82) is 0 Å². The number of fused-ring (bicyclic) bond motifs is 1. The first-order valence-corrected chi connectivity index (χ1v) is 7.96. The van der Waals surface area contributed by atoms with Crippen LogP contribution in [0.5, 0.6) is 0 Å². The van der Waals surface area contributed by atoms with E-state index in [4.69, 9.17) is 0 Å². The van der Waals surface area contributed by atoms with Crippen LogP contribution in [0.3, 0.4) is 0 Å². The molecule has 1 aliphatic heterocycles. The molecular formula is C16H18BrNO2. The molecule has 106 valence electrons. The molecule has 0 aromatic heterocycles. The van der Waals surface area contributed by atoms with Crippen molar-refractivity contribution >= 4 is 33.4 Å². The lowest BCUT2D eigenvalue weighted by Crippen LogP contribution is -2.32. The minimum Gasteiger partial charge on any atom is -0.274 e. The molecule has 20 heavy (non-hydrogen) atoms. The molecule has 0 bridgehead atoms. The highest BCUT2D eigenvalue weighted by atomic mass is 79.9. The van der Waals surface area contributed by atoms with Crippen LogP contribution in [0, 0.1) is 24.7 Å². The molecular weight excluding hydrogens is 318 g/mol. The van der Waals surface area contributed by atoms with E-state index in [-0.39, 0.29) is 23.7 Å². The minimum absolute atomic E-state index is 0.0118. The highest BCUT2D eigenvalue weighted by Crippen LogP contribution is 2.46. The van der Waals surface area contributed by atoms with E-state index in [0.29, 0.717) is 11.6 Å². The van der Waals surface area contributed by atoms with E-state index >= 15 is 0 Å². The molecule has 1 saturated heterocycles. The van der Waals surface area contributed by atoms with Gasteiger partial charge in [0, 0.05) is 4.47 Å². The van der Waals surface area contributed by atoms with Crippen LogP contribution in [0.2, 0.25) is 0 Å². The Hall–Kier alpha value is -1.16. The number of anilines is 1. The molecule has 2 atom stereocenters. The minimum atomic E-state index is -0.0973. The molecule has 1 aliphatic carbocycles. The van der Waals surface area contributed by atoms with E-state index in [1.807, 2.05) is 25.1 Å².